The van der Waals surface area contributed by atoms with Gasteiger partial charge in [-0.05, 0) is 13.0 Å². The van der Waals surface area contributed by atoms with Gasteiger partial charge in [0.25, 0.3) is 0 Å². The van der Waals surface area contributed by atoms with Gasteiger partial charge in [0.05, 0.1) is 9.52 Å². The lowest BCUT2D eigenvalue weighted by atomic mass is 10.7. The van der Waals surface area contributed by atoms with E-state index in [1.54, 1.807) is 14.2 Å². The van der Waals surface area contributed by atoms with Crippen molar-refractivity contribution in [1.29, 1.82) is 0 Å². The molecule has 0 heterocycles. The van der Waals surface area contributed by atoms with E-state index in [1.807, 2.05) is 6.92 Å². The number of isocyanates is 1. The van der Waals surface area contributed by atoms with Crippen LogP contribution in [0.25, 0.3) is 0 Å². The molecule has 0 radical (unpaired) electrons. The van der Waals surface area contributed by atoms with E-state index in [4.69, 9.17) is 9.47 Å². The van der Waals surface area contributed by atoms with E-state index in [-0.39, 0.29) is 0 Å². The Balaban J connectivity index is 3.65. The summed E-state index contributed by atoms with van der Waals surface area (Å²) in [5.41, 5.74) is -0.418. The van der Waals surface area contributed by atoms with Crippen molar-refractivity contribution in [2.75, 3.05) is 20.8 Å². The highest BCUT2D eigenvalue weighted by atomic mass is 28.2. The van der Waals surface area contributed by atoms with Gasteiger partial charge in [-0.15, -0.1) is 0 Å². The van der Waals surface area contributed by atoms with Gasteiger partial charge in [0.2, 0.25) is 6.08 Å². The van der Waals surface area contributed by atoms with Gasteiger partial charge in [0.15, 0.2) is 0 Å². The standard InChI is InChI=1S/C7H15NO3Si/c1-7(10-2,11-3)12-5-4-8-6-9/h4-5,12H2,1-3H3. The number of hydrogen-bond acceptors (Lipinski definition) is 4. The molecular weight excluding hydrogens is 174 g/mol. The summed E-state index contributed by atoms with van der Waals surface area (Å²) in [4.78, 5) is 13.2. The van der Waals surface area contributed by atoms with Crippen LogP contribution in [-0.4, -0.2) is 41.8 Å². The monoisotopic (exact) mass is 189 g/mol. The zero-order chi connectivity index (χ0) is 9.45. The number of ether oxygens (including phenoxy) is 2. The summed E-state index contributed by atoms with van der Waals surface area (Å²) >= 11 is 0. The summed E-state index contributed by atoms with van der Waals surface area (Å²) < 4.78 is 10.3. The Morgan fingerprint density at radius 3 is 2.50 bits per heavy atom. The first kappa shape index (κ1) is 11.5. The number of hydrogen-bond donors (Lipinski definition) is 0. The quantitative estimate of drug-likeness (QED) is 0.192. The maximum atomic E-state index is 9.73. The molecule has 0 aromatic rings. The Hall–Kier alpha value is -0.483. The van der Waals surface area contributed by atoms with Gasteiger partial charge < -0.3 is 9.47 Å². The smallest absolute Gasteiger partial charge is 0.234 e. The average molecular weight is 189 g/mol. The fourth-order valence-electron chi connectivity index (χ4n) is 0.812. The van der Waals surface area contributed by atoms with Crippen LogP contribution in [0.4, 0.5) is 0 Å². The Labute approximate surface area is 74.8 Å². The van der Waals surface area contributed by atoms with Crippen LogP contribution in [0.3, 0.4) is 0 Å². The van der Waals surface area contributed by atoms with E-state index in [0.29, 0.717) is 6.54 Å². The lowest BCUT2D eigenvalue weighted by Gasteiger charge is -2.25. The third kappa shape index (κ3) is 4.41. The second-order valence-electron chi connectivity index (χ2n) is 2.62. The number of carbonyl (C=O) groups excluding carboxylic acids is 1. The van der Waals surface area contributed by atoms with Gasteiger partial charge in [-0.25, -0.2) is 9.79 Å². The summed E-state index contributed by atoms with van der Waals surface area (Å²) in [7, 11) is 2.74. The van der Waals surface area contributed by atoms with Crippen molar-refractivity contribution in [1.82, 2.24) is 0 Å². The SMILES string of the molecule is COC(C)(OC)[SiH2]CCN=C=O. The molecule has 70 valence electrons. The van der Waals surface area contributed by atoms with Crippen molar-refractivity contribution >= 4 is 15.6 Å². The Morgan fingerprint density at radius 2 is 2.08 bits per heavy atom. The highest BCUT2D eigenvalue weighted by Crippen LogP contribution is 2.08. The van der Waals surface area contributed by atoms with E-state index >= 15 is 0 Å². The average Bonchev–Trinajstić information content (AvgIpc) is 2.12. The van der Waals surface area contributed by atoms with E-state index in [2.05, 4.69) is 4.99 Å². The first-order valence-electron chi connectivity index (χ1n) is 3.82. The van der Waals surface area contributed by atoms with Crippen LogP contribution in [0.15, 0.2) is 4.99 Å². The third-order valence-electron chi connectivity index (χ3n) is 1.83. The van der Waals surface area contributed by atoms with E-state index in [1.165, 1.54) is 6.08 Å². The van der Waals surface area contributed by atoms with Crippen molar-refractivity contribution in [2.24, 2.45) is 4.99 Å². The van der Waals surface area contributed by atoms with Gasteiger partial charge in [-0.1, -0.05) is 0 Å². The van der Waals surface area contributed by atoms with Crippen LogP contribution in [0.5, 0.6) is 0 Å². The van der Waals surface area contributed by atoms with Crippen LogP contribution in [0.1, 0.15) is 6.92 Å². The van der Waals surface area contributed by atoms with E-state index < -0.39 is 14.9 Å². The Kier molecular flexibility index (Phi) is 5.83. The van der Waals surface area contributed by atoms with E-state index in [0.717, 1.165) is 6.04 Å². The van der Waals surface area contributed by atoms with Crippen LogP contribution in [0, 0.1) is 0 Å². The first-order valence-corrected chi connectivity index (χ1v) is 5.53. The molecule has 0 unspecified atom stereocenters. The number of nitrogens with zero attached hydrogens (tertiary/aromatic N) is 1. The molecule has 0 amide bonds. The Morgan fingerprint density at radius 1 is 1.50 bits per heavy atom. The normalized spacial score (nSPS) is 11.9. The van der Waals surface area contributed by atoms with Crippen LogP contribution in [0.2, 0.25) is 6.04 Å². The summed E-state index contributed by atoms with van der Waals surface area (Å²) in [6.07, 6.45) is 1.51. The van der Waals surface area contributed by atoms with Crippen molar-refractivity contribution in [3.8, 4) is 0 Å². The van der Waals surface area contributed by atoms with Crippen LogP contribution < -0.4 is 0 Å². The van der Waals surface area contributed by atoms with Gasteiger partial charge >= 0.3 is 0 Å². The molecule has 5 heteroatoms. The zero-order valence-corrected chi connectivity index (χ0v) is 9.21. The summed E-state index contributed by atoms with van der Waals surface area (Å²) in [6.45, 7) is 2.45. The zero-order valence-electron chi connectivity index (χ0n) is 7.79. The molecule has 0 saturated carbocycles. The third-order valence-corrected chi connectivity index (χ3v) is 3.98. The highest BCUT2D eigenvalue weighted by molar-refractivity contribution is 6.38. The lowest BCUT2D eigenvalue weighted by Crippen LogP contribution is -2.36. The second kappa shape index (κ2) is 6.08. The minimum absolute atomic E-state index is 0.418. The largest absolute Gasteiger partial charge is 0.358 e. The number of rotatable bonds is 6. The second-order valence-corrected chi connectivity index (χ2v) is 5.11. The predicted octanol–water partition coefficient (Wildman–Crippen LogP) is -0.124. The lowest BCUT2D eigenvalue weighted by molar-refractivity contribution is -0.130. The van der Waals surface area contributed by atoms with Crippen molar-refractivity contribution in [3.63, 3.8) is 0 Å². The summed E-state index contributed by atoms with van der Waals surface area (Å²) in [5.74, 6) is 0. The molecule has 0 rings (SSSR count). The van der Waals surface area contributed by atoms with Crippen LogP contribution in [-0.2, 0) is 14.3 Å². The molecule has 12 heavy (non-hydrogen) atoms. The van der Waals surface area contributed by atoms with Crippen molar-refractivity contribution in [2.45, 2.75) is 18.4 Å². The van der Waals surface area contributed by atoms with E-state index in [9.17, 15) is 4.79 Å². The molecule has 0 bridgehead atoms. The van der Waals surface area contributed by atoms with Gasteiger partial charge in [-0.2, -0.15) is 0 Å². The summed E-state index contributed by atoms with van der Waals surface area (Å²) in [6, 6.07) is 0.896. The maximum Gasteiger partial charge on any atom is 0.234 e. The molecule has 0 aliphatic rings. The fourth-order valence-corrected chi connectivity index (χ4v) is 2.18. The first-order chi connectivity index (χ1) is 5.68. The molecular formula is C7H15NO3Si. The fraction of sp³-hybridized carbons (Fsp3) is 0.857. The van der Waals surface area contributed by atoms with Gasteiger partial charge in [0, 0.05) is 20.8 Å². The molecule has 0 aromatic carbocycles. The number of aliphatic imine (C=N–C) groups is 1. The minimum atomic E-state index is -0.509. The maximum absolute atomic E-state index is 9.73. The molecule has 0 saturated heterocycles. The number of methoxy groups -OCH3 is 2. The minimum Gasteiger partial charge on any atom is -0.358 e. The molecule has 0 fully saturated rings. The molecule has 4 nitrogen and oxygen atoms in total. The molecule has 0 spiro atoms. The summed E-state index contributed by atoms with van der Waals surface area (Å²) in [5, 5.41) is 0. The molecule has 0 aromatic heterocycles. The Bertz CT molecular complexity index is 164. The predicted molar refractivity (Wildman–Crippen MR) is 48.8 cm³/mol. The molecule has 0 atom stereocenters. The van der Waals surface area contributed by atoms with Crippen LogP contribution >= 0.6 is 0 Å². The highest BCUT2D eigenvalue weighted by Gasteiger charge is 2.21. The topological polar surface area (TPSA) is 47.9 Å². The van der Waals surface area contributed by atoms with Crippen molar-refractivity contribution in [3.05, 3.63) is 0 Å². The molecule has 0 aliphatic heterocycles. The van der Waals surface area contributed by atoms with Gasteiger partial charge in [0.1, 0.15) is 5.41 Å². The molecule has 0 N–H and O–H groups in total. The van der Waals surface area contributed by atoms with Gasteiger partial charge in [-0.3, -0.25) is 0 Å². The van der Waals surface area contributed by atoms with Crippen molar-refractivity contribution < 1.29 is 14.3 Å². The molecule has 0 aliphatic carbocycles.